The van der Waals surface area contributed by atoms with Gasteiger partial charge in [-0.25, -0.2) is 0 Å². The van der Waals surface area contributed by atoms with Gasteiger partial charge in [0.1, 0.15) is 0 Å². The molecule has 0 saturated heterocycles. The van der Waals surface area contributed by atoms with Crippen LogP contribution >= 0.6 is 0 Å². The van der Waals surface area contributed by atoms with Crippen molar-refractivity contribution in [2.45, 2.75) is 66.9 Å². The highest BCUT2D eigenvalue weighted by Crippen LogP contribution is 2.28. The summed E-state index contributed by atoms with van der Waals surface area (Å²) >= 11 is 0. The predicted molar refractivity (Wildman–Crippen MR) is 60.9 cm³/mol. The molecular weight excluding hydrogens is 160 g/mol. The minimum absolute atomic E-state index is 0.0289. The van der Waals surface area contributed by atoms with E-state index >= 15 is 0 Å². The van der Waals surface area contributed by atoms with E-state index < -0.39 is 0 Å². The van der Waals surface area contributed by atoms with E-state index in [1.807, 2.05) is 27.7 Å². The summed E-state index contributed by atoms with van der Waals surface area (Å²) in [4.78, 5) is 0. The smallest absolute Gasteiger partial charge is 0.0591 e. The van der Waals surface area contributed by atoms with E-state index in [0.29, 0.717) is 11.8 Å². The summed E-state index contributed by atoms with van der Waals surface area (Å²) in [6.07, 6.45) is 3.70. The van der Waals surface area contributed by atoms with Crippen LogP contribution < -0.4 is 0 Å². The zero-order chi connectivity index (χ0) is 10.9. The van der Waals surface area contributed by atoms with Gasteiger partial charge < -0.3 is 5.11 Å². The third-order valence-electron chi connectivity index (χ3n) is 2.48. The van der Waals surface area contributed by atoms with Crippen LogP contribution in [0.5, 0.6) is 0 Å². The zero-order valence-electron chi connectivity index (χ0n) is 10.3. The number of aliphatic hydroxyl groups excluding tert-OH is 1. The lowest BCUT2D eigenvalue weighted by molar-refractivity contribution is 0.0334. The second kappa shape index (κ2) is 10.0. The van der Waals surface area contributed by atoms with Gasteiger partial charge in [-0.2, -0.15) is 0 Å². The maximum atomic E-state index is 9.45. The molecule has 0 aromatic carbocycles. The number of rotatable bonds is 0. The normalized spacial score (nSPS) is 32.1. The standard InChI is InChI=1S/C8H16O.2C2H6/c1-6-4-3-5-7(2)8(6)9;2*1-2/h6-9H,3-5H2,1-2H3;2*1-2H3. The molecular formula is C12H28O. The Kier molecular flexibility index (Phi) is 11.9. The first-order valence-electron chi connectivity index (χ1n) is 5.90. The first kappa shape index (κ1) is 15.4. The van der Waals surface area contributed by atoms with Gasteiger partial charge in [0.2, 0.25) is 0 Å². The minimum atomic E-state index is -0.0289. The first-order valence-corrected chi connectivity index (χ1v) is 5.90. The highest BCUT2D eigenvalue weighted by atomic mass is 16.3. The largest absolute Gasteiger partial charge is 0.393 e. The van der Waals surface area contributed by atoms with E-state index in [-0.39, 0.29) is 6.10 Å². The average Bonchev–Trinajstić information content (AvgIpc) is 2.20. The molecule has 0 amide bonds. The monoisotopic (exact) mass is 188 g/mol. The average molecular weight is 188 g/mol. The fraction of sp³-hybridized carbons (Fsp3) is 1.00. The quantitative estimate of drug-likeness (QED) is 0.612. The van der Waals surface area contributed by atoms with Crippen molar-refractivity contribution < 1.29 is 5.11 Å². The third-order valence-corrected chi connectivity index (χ3v) is 2.48. The van der Waals surface area contributed by atoms with Gasteiger partial charge in [-0.3, -0.25) is 0 Å². The lowest BCUT2D eigenvalue weighted by atomic mass is 9.81. The highest BCUT2D eigenvalue weighted by Gasteiger charge is 2.24. The van der Waals surface area contributed by atoms with Crippen LogP contribution in [0.3, 0.4) is 0 Å². The number of hydrogen-bond acceptors (Lipinski definition) is 1. The van der Waals surface area contributed by atoms with Crippen molar-refractivity contribution in [3.8, 4) is 0 Å². The molecule has 82 valence electrons. The topological polar surface area (TPSA) is 20.2 Å². The summed E-state index contributed by atoms with van der Waals surface area (Å²) in [6, 6.07) is 0. The Morgan fingerprint density at radius 1 is 0.846 bits per heavy atom. The van der Waals surface area contributed by atoms with Crippen molar-refractivity contribution in [1.82, 2.24) is 0 Å². The van der Waals surface area contributed by atoms with Crippen LogP contribution in [0.15, 0.2) is 0 Å². The van der Waals surface area contributed by atoms with Crippen LogP contribution in [0, 0.1) is 11.8 Å². The molecule has 0 heterocycles. The van der Waals surface area contributed by atoms with E-state index in [2.05, 4.69) is 13.8 Å². The van der Waals surface area contributed by atoms with Crippen LogP contribution in [0.2, 0.25) is 0 Å². The summed E-state index contributed by atoms with van der Waals surface area (Å²) in [5, 5.41) is 9.45. The van der Waals surface area contributed by atoms with Crippen molar-refractivity contribution in [1.29, 1.82) is 0 Å². The van der Waals surface area contributed by atoms with E-state index in [1.165, 1.54) is 19.3 Å². The summed E-state index contributed by atoms with van der Waals surface area (Å²) < 4.78 is 0. The Morgan fingerprint density at radius 3 is 1.38 bits per heavy atom. The molecule has 2 atom stereocenters. The molecule has 2 unspecified atom stereocenters. The van der Waals surface area contributed by atoms with Crippen LogP contribution in [0.25, 0.3) is 0 Å². The molecule has 0 spiro atoms. The van der Waals surface area contributed by atoms with Crippen molar-refractivity contribution in [2.75, 3.05) is 0 Å². The lowest BCUT2D eigenvalue weighted by Gasteiger charge is -2.29. The molecule has 0 bridgehead atoms. The van der Waals surface area contributed by atoms with Gasteiger partial charge in [-0.15, -0.1) is 0 Å². The maximum Gasteiger partial charge on any atom is 0.0591 e. The Morgan fingerprint density at radius 2 is 1.15 bits per heavy atom. The summed E-state index contributed by atoms with van der Waals surface area (Å²) in [6.45, 7) is 12.3. The van der Waals surface area contributed by atoms with Gasteiger partial charge >= 0.3 is 0 Å². The highest BCUT2D eigenvalue weighted by molar-refractivity contribution is 4.75. The van der Waals surface area contributed by atoms with Crippen molar-refractivity contribution >= 4 is 0 Å². The van der Waals surface area contributed by atoms with Gasteiger partial charge in [0, 0.05) is 0 Å². The van der Waals surface area contributed by atoms with Gasteiger partial charge in [-0.1, -0.05) is 48.0 Å². The lowest BCUT2D eigenvalue weighted by Crippen LogP contribution is -2.29. The molecule has 0 aliphatic heterocycles. The van der Waals surface area contributed by atoms with Gasteiger partial charge in [0.25, 0.3) is 0 Å². The predicted octanol–water partition coefficient (Wildman–Crippen LogP) is 3.86. The molecule has 0 aromatic heterocycles. The molecule has 1 aliphatic rings. The summed E-state index contributed by atoms with van der Waals surface area (Å²) in [7, 11) is 0. The van der Waals surface area contributed by atoms with Crippen LogP contribution in [-0.2, 0) is 0 Å². The van der Waals surface area contributed by atoms with Gasteiger partial charge in [-0.05, 0) is 24.7 Å². The van der Waals surface area contributed by atoms with Crippen molar-refractivity contribution in [2.24, 2.45) is 11.8 Å². The molecule has 1 nitrogen and oxygen atoms in total. The summed E-state index contributed by atoms with van der Waals surface area (Å²) in [5.41, 5.74) is 0. The second-order valence-electron chi connectivity index (χ2n) is 3.38. The molecule has 1 fully saturated rings. The van der Waals surface area contributed by atoms with E-state index in [0.717, 1.165) is 0 Å². The molecule has 0 aromatic rings. The molecule has 1 aliphatic carbocycles. The molecule has 1 rings (SSSR count). The maximum absolute atomic E-state index is 9.45. The minimum Gasteiger partial charge on any atom is -0.393 e. The van der Waals surface area contributed by atoms with E-state index in [4.69, 9.17) is 0 Å². The molecule has 1 saturated carbocycles. The zero-order valence-corrected chi connectivity index (χ0v) is 10.3. The Labute approximate surface area is 84.6 Å². The van der Waals surface area contributed by atoms with E-state index in [1.54, 1.807) is 0 Å². The molecule has 0 radical (unpaired) electrons. The first-order chi connectivity index (χ1) is 6.22. The Hall–Kier alpha value is -0.0400. The van der Waals surface area contributed by atoms with E-state index in [9.17, 15) is 5.11 Å². The van der Waals surface area contributed by atoms with Crippen LogP contribution in [-0.4, -0.2) is 11.2 Å². The molecule has 1 heteroatoms. The SMILES string of the molecule is CC.CC.CC1CCCC(C)C1O. The Balaban J connectivity index is 0. The fourth-order valence-corrected chi connectivity index (χ4v) is 1.66. The second-order valence-corrected chi connectivity index (χ2v) is 3.38. The fourth-order valence-electron chi connectivity index (χ4n) is 1.66. The Bertz CT molecular complexity index is 81.1. The van der Waals surface area contributed by atoms with Crippen LogP contribution in [0.4, 0.5) is 0 Å². The van der Waals surface area contributed by atoms with Crippen molar-refractivity contribution in [3.63, 3.8) is 0 Å². The van der Waals surface area contributed by atoms with Crippen LogP contribution in [0.1, 0.15) is 60.8 Å². The number of aliphatic hydroxyl groups is 1. The molecule has 1 N–H and O–H groups in total. The van der Waals surface area contributed by atoms with Crippen molar-refractivity contribution in [3.05, 3.63) is 0 Å². The van der Waals surface area contributed by atoms with Gasteiger partial charge in [0.05, 0.1) is 6.10 Å². The molecule has 13 heavy (non-hydrogen) atoms. The number of hydrogen-bond donors (Lipinski definition) is 1. The summed E-state index contributed by atoms with van der Waals surface area (Å²) in [5.74, 6) is 1.07. The van der Waals surface area contributed by atoms with Gasteiger partial charge in [0.15, 0.2) is 0 Å². The third kappa shape index (κ3) is 6.09.